The zero-order valence-corrected chi connectivity index (χ0v) is 20.3. The molecule has 1 aliphatic rings. The van der Waals surface area contributed by atoms with Gasteiger partial charge in [-0.05, 0) is 68.8 Å². The highest BCUT2D eigenvalue weighted by atomic mass is 32.1. The number of anilines is 1. The lowest BCUT2D eigenvalue weighted by molar-refractivity contribution is 0.415. The number of benzene rings is 2. The molecule has 0 radical (unpaired) electrons. The van der Waals surface area contributed by atoms with Crippen LogP contribution in [0.25, 0.3) is 21.8 Å². The van der Waals surface area contributed by atoms with Crippen molar-refractivity contribution in [1.29, 1.82) is 0 Å². The van der Waals surface area contributed by atoms with Crippen LogP contribution in [0.2, 0.25) is 0 Å². The van der Waals surface area contributed by atoms with Gasteiger partial charge in [-0.15, -0.1) is 11.3 Å². The summed E-state index contributed by atoms with van der Waals surface area (Å²) in [7, 11) is 1.68. The van der Waals surface area contributed by atoms with E-state index in [4.69, 9.17) is 14.7 Å². The topological polar surface area (TPSA) is 72.0 Å². The first-order valence-electron chi connectivity index (χ1n) is 11.7. The van der Waals surface area contributed by atoms with Crippen LogP contribution < -0.4 is 15.4 Å². The Labute approximate surface area is 204 Å². The molecule has 34 heavy (non-hydrogen) atoms. The molecule has 0 saturated carbocycles. The van der Waals surface area contributed by atoms with E-state index in [2.05, 4.69) is 46.8 Å². The monoisotopic (exact) mass is 471 g/mol. The van der Waals surface area contributed by atoms with Gasteiger partial charge in [0.25, 0.3) is 0 Å². The predicted octanol–water partition coefficient (Wildman–Crippen LogP) is 5.92. The summed E-state index contributed by atoms with van der Waals surface area (Å²) in [6, 6.07) is 20.5. The van der Waals surface area contributed by atoms with Crippen molar-refractivity contribution in [3.05, 3.63) is 77.4 Å². The molecule has 6 nitrogen and oxygen atoms in total. The van der Waals surface area contributed by atoms with Crippen molar-refractivity contribution in [3.63, 3.8) is 0 Å². The van der Waals surface area contributed by atoms with Gasteiger partial charge in [-0.25, -0.2) is 15.0 Å². The maximum Gasteiger partial charge on any atom is 0.223 e. The Bertz CT molecular complexity index is 1220. The highest BCUT2D eigenvalue weighted by Crippen LogP contribution is 2.41. The summed E-state index contributed by atoms with van der Waals surface area (Å²) in [6.45, 7) is 4.20. The number of aromatic nitrogens is 3. The molecule has 1 aliphatic heterocycles. The molecule has 0 amide bonds. The molecule has 0 unspecified atom stereocenters. The minimum Gasteiger partial charge on any atom is -0.497 e. The fourth-order valence-corrected chi connectivity index (χ4v) is 5.50. The van der Waals surface area contributed by atoms with Crippen molar-refractivity contribution >= 4 is 17.3 Å². The van der Waals surface area contributed by atoms with E-state index < -0.39 is 0 Å². The van der Waals surface area contributed by atoms with E-state index >= 15 is 0 Å². The number of hydrogen-bond acceptors (Lipinski definition) is 7. The zero-order valence-electron chi connectivity index (χ0n) is 19.5. The van der Waals surface area contributed by atoms with E-state index in [1.807, 2.05) is 42.6 Å². The third-order valence-electron chi connectivity index (χ3n) is 6.23. The molecule has 1 saturated heterocycles. The van der Waals surface area contributed by atoms with Gasteiger partial charge in [0.2, 0.25) is 5.95 Å². The van der Waals surface area contributed by atoms with Crippen molar-refractivity contribution in [2.75, 3.05) is 25.5 Å². The quantitative estimate of drug-likeness (QED) is 0.349. The van der Waals surface area contributed by atoms with Crippen LogP contribution in [-0.4, -0.2) is 35.2 Å². The second kappa shape index (κ2) is 10.3. The van der Waals surface area contributed by atoms with Crippen molar-refractivity contribution in [1.82, 2.24) is 20.3 Å². The maximum atomic E-state index is 5.36. The number of methoxy groups -OCH3 is 1. The highest BCUT2D eigenvalue weighted by Gasteiger charge is 2.23. The average molecular weight is 472 g/mol. The Balaban J connectivity index is 1.50. The van der Waals surface area contributed by atoms with Crippen LogP contribution in [0, 0.1) is 0 Å². The van der Waals surface area contributed by atoms with Gasteiger partial charge in [0.1, 0.15) is 5.75 Å². The predicted molar refractivity (Wildman–Crippen MR) is 138 cm³/mol. The van der Waals surface area contributed by atoms with Gasteiger partial charge in [-0.2, -0.15) is 0 Å². The van der Waals surface area contributed by atoms with E-state index in [9.17, 15) is 0 Å². The Hall–Kier alpha value is -3.29. The number of rotatable bonds is 7. The van der Waals surface area contributed by atoms with Crippen LogP contribution in [0.1, 0.15) is 42.3 Å². The molecule has 1 atom stereocenters. The Morgan fingerprint density at radius 1 is 1.00 bits per heavy atom. The van der Waals surface area contributed by atoms with Crippen molar-refractivity contribution in [3.8, 4) is 27.6 Å². The number of hydrogen-bond donors (Lipinski definition) is 2. The maximum absolute atomic E-state index is 5.36. The minimum absolute atomic E-state index is 0.101. The molecule has 0 aliphatic carbocycles. The lowest BCUT2D eigenvalue weighted by Crippen LogP contribution is -2.26. The summed E-state index contributed by atoms with van der Waals surface area (Å²) in [5, 5.41) is 8.09. The van der Waals surface area contributed by atoms with Crippen molar-refractivity contribution in [2.24, 2.45) is 0 Å². The minimum atomic E-state index is 0.101. The highest BCUT2D eigenvalue weighted by molar-refractivity contribution is 7.15. The molecule has 3 heterocycles. The molecule has 2 aromatic heterocycles. The van der Waals surface area contributed by atoms with E-state index in [0.717, 1.165) is 53.5 Å². The summed E-state index contributed by atoms with van der Waals surface area (Å²) in [5.41, 5.74) is 4.13. The smallest absolute Gasteiger partial charge is 0.223 e. The van der Waals surface area contributed by atoms with Crippen LogP contribution in [0.5, 0.6) is 5.75 Å². The summed E-state index contributed by atoms with van der Waals surface area (Å²) in [6.07, 6.45) is 4.05. The van der Waals surface area contributed by atoms with E-state index in [1.54, 1.807) is 18.4 Å². The van der Waals surface area contributed by atoms with Gasteiger partial charge >= 0.3 is 0 Å². The molecular weight excluding hydrogens is 442 g/mol. The number of piperidine rings is 1. The molecule has 0 bridgehead atoms. The normalized spacial score (nSPS) is 15.1. The van der Waals surface area contributed by atoms with Gasteiger partial charge in [-0.1, -0.05) is 30.3 Å². The first-order chi connectivity index (χ1) is 16.7. The van der Waals surface area contributed by atoms with E-state index in [0.29, 0.717) is 11.9 Å². The second-order valence-corrected chi connectivity index (χ2v) is 9.56. The molecule has 2 N–H and O–H groups in total. The summed E-state index contributed by atoms with van der Waals surface area (Å²) < 4.78 is 5.36. The summed E-state index contributed by atoms with van der Waals surface area (Å²) in [5.74, 6) is 1.93. The molecule has 0 spiro atoms. The van der Waals surface area contributed by atoms with Gasteiger partial charge < -0.3 is 15.4 Å². The largest absolute Gasteiger partial charge is 0.497 e. The molecule has 174 valence electrons. The van der Waals surface area contributed by atoms with Gasteiger partial charge in [0.05, 0.1) is 34.4 Å². The Morgan fingerprint density at radius 2 is 1.76 bits per heavy atom. The number of thiazole rings is 1. The molecule has 4 aromatic rings. The summed E-state index contributed by atoms with van der Waals surface area (Å²) >= 11 is 1.76. The zero-order chi connectivity index (χ0) is 23.3. The molecule has 5 rings (SSSR count). The standard InChI is InChI=1S/C27H29N5OS/c1-18(19-6-4-3-5-7-19)30-27-29-17-14-23(31-27)25-24(20-8-10-22(33-2)11-9-20)32-26(34-25)21-12-15-28-16-13-21/h3-11,14,17-18,21,28H,12-13,15-16H2,1-2H3,(H,29,30,31)/t18-/m0/s1. The van der Waals surface area contributed by atoms with Crippen molar-refractivity contribution < 1.29 is 4.74 Å². The molecule has 1 fully saturated rings. The SMILES string of the molecule is COc1ccc(-c2nc(C3CCNCC3)sc2-c2ccnc(N[C@@H](C)c3ccccc3)n2)cc1. The van der Waals surface area contributed by atoms with Crippen LogP contribution in [0.4, 0.5) is 5.95 Å². The van der Waals surface area contributed by atoms with E-state index in [-0.39, 0.29) is 6.04 Å². The summed E-state index contributed by atoms with van der Waals surface area (Å²) in [4.78, 5) is 15.6. The second-order valence-electron chi connectivity index (χ2n) is 8.52. The van der Waals surface area contributed by atoms with Gasteiger partial charge in [-0.3, -0.25) is 0 Å². The van der Waals surface area contributed by atoms with Crippen molar-refractivity contribution in [2.45, 2.75) is 31.7 Å². The van der Waals surface area contributed by atoms with Crippen LogP contribution in [0.3, 0.4) is 0 Å². The van der Waals surface area contributed by atoms with E-state index in [1.165, 1.54) is 10.6 Å². The third kappa shape index (κ3) is 4.95. The first-order valence-corrected chi connectivity index (χ1v) is 12.5. The Morgan fingerprint density at radius 3 is 2.50 bits per heavy atom. The first kappa shape index (κ1) is 22.5. The number of nitrogens with zero attached hydrogens (tertiary/aromatic N) is 3. The molecule has 7 heteroatoms. The third-order valence-corrected chi connectivity index (χ3v) is 7.47. The lowest BCUT2D eigenvalue weighted by atomic mass is 9.99. The van der Waals surface area contributed by atoms with Gasteiger partial charge in [0, 0.05) is 17.7 Å². The van der Waals surface area contributed by atoms with Gasteiger partial charge in [0.15, 0.2) is 0 Å². The fourth-order valence-electron chi connectivity index (χ4n) is 4.27. The number of nitrogens with one attached hydrogen (secondary N) is 2. The average Bonchev–Trinajstić information content (AvgIpc) is 3.36. The van der Waals surface area contributed by atoms with Crippen LogP contribution in [0.15, 0.2) is 66.9 Å². The van der Waals surface area contributed by atoms with Crippen LogP contribution in [-0.2, 0) is 0 Å². The fraction of sp³-hybridized carbons (Fsp3) is 0.296. The number of ether oxygens (including phenoxy) is 1. The molecule has 2 aromatic carbocycles. The molecular formula is C27H29N5OS. The lowest BCUT2D eigenvalue weighted by Gasteiger charge is -2.20. The Kier molecular flexibility index (Phi) is 6.83. The van der Waals surface area contributed by atoms with Crippen LogP contribution >= 0.6 is 11.3 Å².